The Balaban J connectivity index is 1.61. The predicted molar refractivity (Wildman–Crippen MR) is 102 cm³/mol. The van der Waals surface area contributed by atoms with E-state index in [1.165, 1.54) is 11.8 Å². The third-order valence-electron chi connectivity index (χ3n) is 3.94. The van der Waals surface area contributed by atoms with Gasteiger partial charge in [-0.25, -0.2) is 0 Å². The minimum absolute atomic E-state index is 0.0603. The second-order valence-corrected chi connectivity index (χ2v) is 6.71. The lowest BCUT2D eigenvalue weighted by Crippen LogP contribution is -2.33. The second-order valence-electron chi connectivity index (χ2n) is 5.76. The quantitative estimate of drug-likeness (QED) is 0.652. The molecule has 0 saturated heterocycles. The SMILES string of the molecule is COc1ccc(-c2nnc(SCC(=O)NC(=O)c3cccn3C)n2C)cc1. The number of hydrogen-bond donors (Lipinski definition) is 1. The van der Waals surface area contributed by atoms with Gasteiger partial charge in [0.1, 0.15) is 11.4 Å². The standard InChI is InChI=1S/C18H19N5O3S/c1-22-10-4-5-14(22)17(25)19-15(24)11-27-18-21-20-16(23(18)2)12-6-8-13(26-3)9-7-12/h4-10H,11H2,1-3H3,(H,19,24,25). The van der Waals surface area contributed by atoms with E-state index in [0.717, 1.165) is 11.3 Å². The van der Waals surface area contributed by atoms with Crippen LogP contribution in [-0.4, -0.2) is 44.0 Å². The zero-order chi connectivity index (χ0) is 19.4. The highest BCUT2D eigenvalue weighted by Gasteiger charge is 2.16. The minimum atomic E-state index is -0.426. The number of nitrogens with zero attached hydrogens (tertiary/aromatic N) is 4. The molecule has 0 aliphatic heterocycles. The number of methoxy groups -OCH3 is 1. The summed E-state index contributed by atoms with van der Waals surface area (Å²) in [5, 5.41) is 11.3. The molecular formula is C18H19N5O3S. The third kappa shape index (κ3) is 4.20. The van der Waals surface area contributed by atoms with Crippen LogP contribution in [0.25, 0.3) is 11.4 Å². The van der Waals surface area contributed by atoms with Crippen LogP contribution < -0.4 is 10.1 Å². The van der Waals surface area contributed by atoms with Gasteiger partial charge in [0.05, 0.1) is 12.9 Å². The Morgan fingerprint density at radius 3 is 2.52 bits per heavy atom. The third-order valence-corrected chi connectivity index (χ3v) is 4.97. The van der Waals surface area contributed by atoms with Gasteiger partial charge in [-0.2, -0.15) is 0 Å². The van der Waals surface area contributed by atoms with E-state index >= 15 is 0 Å². The molecule has 0 fully saturated rings. The van der Waals surface area contributed by atoms with E-state index in [2.05, 4.69) is 15.5 Å². The maximum atomic E-state index is 12.1. The van der Waals surface area contributed by atoms with Crippen LogP contribution >= 0.6 is 11.8 Å². The van der Waals surface area contributed by atoms with Crippen molar-refractivity contribution in [3.05, 3.63) is 48.3 Å². The Hall–Kier alpha value is -3.07. The lowest BCUT2D eigenvalue weighted by molar-refractivity contribution is -0.117. The molecule has 8 nitrogen and oxygen atoms in total. The Morgan fingerprint density at radius 2 is 1.89 bits per heavy atom. The van der Waals surface area contributed by atoms with Gasteiger partial charge in [0, 0.05) is 25.9 Å². The average Bonchev–Trinajstić information content (AvgIpc) is 3.26. The first-order valence-corrected chi connectivity index (χ1v) is 9.10. The normalized spacial score (nSPS) is 10.6. The van der Waals surface area contributed by atoms with E-state index < -0.39 is 5.91 Å². The molecule has 27 heavy (non-hydrogen) atoms. The predicted octanol–water partition coefficient (Wildman–Crippen LogP) is 1.88. The number of nitrogens with one attached hydrogen (secondary N) is 1. The number of benzene rings is 1. The molecule has 3 rings (SSSR count). The molecule has 2 heterocycles. The topological polar surface area (TPSA) is 91.0 Å². The minimum Gasteiger partial charge on any atom is -0.497 e. The van der Waals surface area contributed by atoms with Crippen LogP contribution in [0.4, 0.5) is 0 Å². The Kier molecular flexibility index (Phi) is 5.60. The number of thioether (sulfide) groups is 1. The fourth-order valence-corrected chi connectivity index (χ4v) is 3.20. The number of carbonyl (C=O) groups excluding carboxylic acids is 2. The summed E-state index contributed by atoms with van der Waals surface area (Å²) in [5.41, 5.74) is 1.31. The number of imide groups is 1. The van der Waals surface area contributed by atoms with Crippen molar-refractivity contribution in [2.45, 2.75) is 5.16 Å². The van der Waals surface area contributed by atoms with Gasteiger partial charge in [0.2, 0.25) is 5.91 Å². The molecule has 0 saturated carbocycles. The van der Waals surface area contributed by atoms with Crippen molar-refractivity contribution >= 4 is 23.6 Å². The van der Waals surface area contributed by atoms with E-state index in [0.29, 0.717) is 16.7 Å². The summed E-state index contributed by atoms with van der Waals surface area (Å²) < 4.78 is 8.61. The van der Waals surface area contributed by atoms with Crippen LogP contribution in [0.5, 0.6) is 5.75 Å². The first kappa shape index (κ1) is 18.7. The highest BCUT2D eigenvalue weighted by Crippen LogP contribution is 2.24. The van der Waals surface area contributed by atoms with Crippen LogP contribution in [0.2, 0.25) is 0 Å². The van der Waals surface area contributed by atoms with Crippen LogP contribution in [0.15, 0.2) is 47.8 Å². The number of aryl methyl sites for hydroxylation is 1. The summed E-state index contributed by atoms with van der Waals surface area (Å²) in [6, 6.07) is 10.9. The number of ether oxygens (including phenoxy) is 1. The largest absolute Gasteiger partial charge is 0.497 e. The molecule has 0 spiro atoms. The average molecular weight is 385 g/mol. The fraction of sp³-hybridized carbons (Fsp3) is 0.222. The number of amides is 2. The van der Waals surface area contributed by atoms with Crippen molar-refractivity contribution in [2.24, 2.45) is 14.1 Å². The number of rotatable bonds is 6. The highest BCUT2D eigenvalue weighted by molar-refractivity contribution is 7.99. The fourth-order valence-electron chi connectivity index (χ4n) is 2.49. The van der Waals surface area contributed by atoms with Gasteiger partial charge < -0.3 is 13.9 Å². The molecule has 2 amide bonds. The van der Waals surface area contributed by atoms with E-state index in [4.69, 9.17) is 4.74 Å². The molecule has 3 aromatic rings. The Labute approximate surface area is 160 Å². The zero-order valence-electron chi connectivity index (χ0n) is 15.2. The summed E-state index contributed by atoms with van der Waals surface area (Å²) in [6.07, 6.45) is 1.74. The summed E-state index contributed by atoms with van der Waals surface area (Å²) in [7, 11) is 5.18. The van der Waals surface area contributed by atoms with Crippen LogP contribution in [-0.2, 0) is 18.9 Å². The van der Waals surface area contributed by atoms with Gasteiger partial charge in [-0.05, 0) is 36.4 Å². The van der Waals surface area contributed by atoms with Crippen molar-refractivity contribution in [3.8, 4) is 17.1 Å². The summed E-state index contributed by atoms with van der Waals surface area (Å²) in [6.45, 7) is 0. The molecule has 9 heteroatoms. The van der Waals surface area contributed by atoms with Crippen molar-refractivity contribution in [1.29, 1.82) is 0 Å². The van der Waals surface area contributed by atoms with Crippen molar-refractivity contribution in [1.82, 2.24) is 24.6 Å². The first-order valence-electron chi connectivity index (χ1n) is 8.11. The Morgan fingerprint density at radius 1 is 1.15 bits per heavy atom. The summed E-state index contributed by atoms with van der Waals surface area (Å²) >= 11 is 1.22. The second kappa shape index (κ2) is 8.09. The lowest BCUT2D eigenvalue weighted by atomic mass is 10.2. The number of aromatic nitrogens is 4. The molecular weight excluding hydrogens is 366 g/mol. The maximum Gasteiger partial charge on any atom is 0.274 e. The zero-order valence-corrected chi connectivity index (χ0v) is 16.0. The molecule has 0 aliphatic carbocycles. The monoisotopic (exact) mass is 385 g/mol. The molecule has 0 bridgehead atoms. The molecule has 1 N–H and O–H groups in total. The maximum absolute atomic E-state index is 12.1. The summed E-state index contributed by atoms with van der Waals surface area (Å²) in [4.78, 5) is 24.1. The molecule has 2 aromatic heterocycles. The summed E-state index contributed by atoms with van der Waals surface area (Å²) in [5.74, 6) is 0.686. The molecule has 1 aromatic carbocycles. The van der Waals surface area contributed by atoms with Crippen molar-refractivity contribution in [2.75, 3.05) is 12.9 Å². The Bertz CT molecular complexity index is 962. The molecule has 0 aliphatic rings. The van der Waals surface area contributed by atoms with E-state index in [9.17, 15) is 9.59 Å². The van der Waals surface area contributed by atoms with Gasteiger partial charge in [-0.3, -0.25) is 14.9 Å². The molecule has 140 valence electrons. The highest BCUT2D eigenvalue weighted by atomic mass is 32.2. The van der Waals surface area contributed by atoms with Crippen LogP contribution in [0.3, 0.4) is 0 Å². The van der Waals surface area contributed by atoms with Crippen molar-refractivity contribution < 1.29 is 14.3 Å². The molecule has 0 radical (unpaired) electrons. The van der Waals surface area contributed by atoms with Gasteiger partial charge in [-0.1, -0.05) is 11.8 Å². The van der Waals surface area contributed by atoms with Gasteiger partial charge in [0.15, 0.2) is 11.0 Å². The van der Waals surface area contributed by atoms with Gasteiger partial charge >= 0.3 is 0 Å². The van der Waals surface area contributed by atoms with Crippen molar-refractivity contribution in [3.63, 3.8) is 0 Å². The molecule has 0 atom stereocenters. The smallest absolute Gasteiger partial charge is 0.274 e. The number of carbonyl (C=O) groups is 2. The molecule has 0 unspecified atom stereocenters. The van der Waals surface area contributed by atoms with Gasteiger partial charge in [-0.15, -0.1) is 10.2 Å². The lowest BCUT2D eigenvalue weighted by Gasteiger charge is -2.06. The van der Waals surface area contributed by atoms with E-state index in [1.807, 2.05) is 31.3 Å². The van der Waals surface area contributed by atoms with E-state index in [1.54, 1.807) is 41.6 Å². The van der Waals surface area contributed by atoms with Crippen LogP contribution in [0.1, 0.15) is 10.5 Å². The van der Waals surface area contributed by atoms with Gasteiger partial charge in [0.25, 0.3) is 5.91 Å². The first-order chi connectivity index (χ1) is 13.0. The number of hydrogen-bond acceptors (Lipinski definition) is 6. The van der Waals surface area contributed by atoms with E-state index in [-0.39, 0.29) is 11.7 Å². The van der Waals surface area contributed by atoms with Crippen LogP contribution in [0, 0.1) is 0 Å².